The van der Waals surface area contributed by atoms with Gasteiger partial charge in [0.05, 0.1) is 17.1 Å². The van der Waals surface area contributed by atoms with Crippen LogP contribution in [0.4, 0.5) is 18.9 Å². The van der Waals surface area contributed by atoms with E-state index in [0.717, 1.165) is 24.3 Å². The van der Waals surface area contributed by atoms with E-state index < -0.39 is 39.8 Å². The number of anilines is 1. The molecule has 1 aliphatic carbocycles. The molecule has 0 aromatic heterocycles. The molecule has 0 heterocycles. The molecule has 7 nitrogen and oxygen atoms in total. The van der Waals surface area contributed by atoms with Crippen molar-refractivity contribution in [3.63, 3.8) is 0 Å². The van der Waals surface area contributed by atoms with Crippen molar-refractivity contribution < 1.29 is 40.8 Å². The van der Waals surface area contributed by atoms with Crippen molar-refractivity contribution in [3.8, 4) is 5.75 Å². The predicted octanol–water partition coefficient (Wildman–Crippen LogP) is 3.37. The first-order valence-corrected chi connectivity index (χ1v) is 9.68. The number of hydrogen-bond donors (Lipinski definition) is 2. The zero-order valence-electron chi connectivity index (χ0n) is 14.9. The highest BCUT2D eigenvalue weighted by Gasteiger charge is 2.54. The van der Waals surface area contributed by atoms with Crippen LogP contribution in [0.5, 0.6) is 5.75 Å². The van der Waals surface area contributed by atoms with Crippen LogP contribution in [0.15, 0.2) is 48.5 Å². The van der Waals surface area contributed by atoms with E-state index in [2.05, 4.69) is 4.74 Å². The first kappa shape index (κ1) is 20.9. The zero-order valence-corrected chi connectivity index (χ0v) is 15.7. The standard InChI is InChI=1S/C18H16F3NO6S/c1-17(14-5-3-2-4-11(14)10-15(17)16(23)24)22(29(25,26)27)12-6-8-13(9-7-12)28-18(19,20)21/h2-9,15H,10H2,1H3,(H,23,24)(H,25,26,27)/t15-,17-/m0/s1. The Kier molecular flexibility index (Phi) is 4.99. The van der Waals surface area contributed by atoms with Gasteiger partial charge in [-0.15, -0.1) is 13.2 Å². The molecular formula is C18H16F3NO6S. The van der Waals surface area contributed by atoms with Crippen LogP contribution >= 0.6 is 0 Å². The number of ether oxygens (including phenoxy) is 1. The lowest BCUT2D eigenvalue weighted by Gasteiger charge is -2.40. The van der Waals surface area contributed by atoms with Gasteiger partial charge in [0.1, 0.15) is 5.75 Å². The molecule has 0 radical (unpaired) electrons. The van der Waals surface area contributed by atoms with Crippen LogP contribution in [0.3, 0.4) is 0 Å². The van der Waals surface area contributed by atoms with Crippen LogP contribution in [-0.2, 0) is 27.1 Å². The minimum Gasteiger partial charge on any atom is -0.481 e. The lowest BCUT2D eigenvalue weighted by atomic mass is 9.85. The van der Waals surface area contributed by atoms with Crippen molar-refractivity contribution >= 4 is 22.0 Å². The van der Waals surface area contributed by atoms with E-state index in [-0.39, 0.29) is 12.1 Å². The van der Waals surface area contributed by atoms with Gasteiger partial charge in [0.25, 0.3) is 0 Å². The molecule has 0 fully saturated rings. The Morgan fingerprint density at radius 1 is 1.17 bits per heavy atom. The number of nitrogens with zero attached hydrogens (tertiary/aromatic N) is 1. The quantitative estimate of drug-likeness (QED) is 0.704. The molecule has 0 unspecified atom stereocenters. The second-order valence-corrected chi connectivity index (χ2v) is 7.94. The number of alkyl halides is 3. The number of carboxylic acids is 1. The fraction of sp³-hybridized carbons (Fsp3) is 0.278. The van der Waals surface area contributed by atoms with Gasteiger partial charge in [-0.3, -0.25) is 9.35 Å². The summed E-state index contributed by atoms with van der Waals surface area (Å²) in [6.07, 6.45) is -4.92. The molecule has 1 aliphatic rings. The highest BCUT2D eigenvalue weighted by Crippen LogP contribution is 2.48. The first-order chi connectivity index (χ1) is 13.3. The summed E-state index contributed by atoms with van der Waals surface area (Å²) in [4.78, 5) is 11.9. The molecule has 0 amide bonds. The number of carboxylic acid groups (broad SMARTS) is 1. The topological polar surface area (TPSA) is 104 Å². The first-order valence-electron chi connectivity index (χ1n) is 8.29. The van der Waals surface area contributed by atoms with Gasteiger partial charge in [-0.25, -0.2) is 4.31 Å². The lowest BCUT2D eigenvalue weighted by molar-refractivity contribution is -0.274. The Morgan fingerprint density at radius 2 is 1.76 bits per heavy atom. The van der Waals surface area contributed by atoms with Gasteiger partial charge in [0.2, 0.25) is 0 Å². The Hall–Kier alpha value is -2.79. The minimum absolute atomic E-state index is 0.0172. The number of carbonyl (C=O) groups is 1. The number of benzene rings is 2. The van der Waals surface area contributed by atoms with Gasteiger partial charge in [-0.05, 0) is 48.7 Å². The van der Waals surface area contributed by atoms with Crippen LogP contribution in [0.25, 0.3) is 0 Å². The average Bonchev–Trinajstić information content (AvgIpc) is 2.88. The van der Waals surface area contributed by atoms with Crippen molar-refractivity contribution in [2.45, 2.75) is 25.2 Å². The molecule has 29 heavy (non-hydrogen) atoms. The number of hydrogen-bond acceptors (Lipinski definition) is 4. The van der Waals surface area contributed by atoms with Gasteiger partial charge in [0.15, 0.2) is 0 Å². The molecular weight excluding hydrogens is 415 g/mol. The van der Waals surface area contributed by atoms with Crippen molar-refractivity contribution in [1.29, 1.82) is 0 Å². The molecule has 2 atom stereocenters. The molecule has 11 heteroatoms. The number of aliphatic carboxylic acids is 1. The van der Waals surface area contributed by atoms with Crippen LogP contribution in [-0.4, -0.2) is 30.4 Å². The number of rotatable bonds is 5. The fourth-order valence-corrected chi connectivity index (χ4v) is 4.89. The van der Waals surface area contributed by atoms with Gasteiger partial charge >= 0.3 is 22.6 Å². The Bertz CT molecular complexity index is 1040. The summed E-state index contributed by atoms with van der Waals surface area (Å²) in [5.41, 5.74) is -0.969. The summed E-state index contributed by atoms with van der Waals surface area (Å²) >= 11 is 0. The summed E-state index contributed by atoms with van der Waals surface area (Å²) in [5.74, 6) is -3.12. The van der Waals surface area contributed by atoms with E-state index in [4.69, 9.17) is 0 Å². The smallest absolute Gasteiger partial charge is 0.481 e. The highest BCUT2D eigenvalue weighted by molar-refractivity contribution is 7.87. The maximum absolute atomic E-state index is 12.4. The third kappa shape index (κ3) is 3.87. The Labute approximate surface area is 164 Å². The van der Waals surface area contributed by atoms with Crippen molar-refractivity contribution in [3.05, 3.63) is 59.7 Å². The Balaban J connectivity index is 2.15. The number of fused-ring (bicyclic) bond motifs is 1. The summed E-state index contributed by atoms with van der Waals surface area (Å²) in [6.45, 7) is 1.35. The van der Waals surface area contributed by atoms with Crippen molar-refractivity contribution in [2.75, 3.05) is 4.31 Å². The van der Waals surface area contributed by atoms with Gasteiger partial charge in [-0.1, -0.05) is 24.3 Å². The summed E-state index contributed by atoms with van der Waals surface area (Å²) in [7, 11) is -5.01. The maximum Gasteiger partial charge on any atom is 0.573 e. The van der Waals surface area contributed by atoms with Crippen molar-refractivity contribution in [2.24, 2.45) is 5.92 Å². The third-order valence-corrected chi connectivity index (χ3v) is 5.97. The van der Waals surface area contributed by atoms with Gasteiger partial charge in [-0.2, -0.15) is 8.42 Å². The zero-order chi connectivity index (χ0) is 21.6. The average molecular weight is 431 g/mol. The summed E-state index contributed by atoms with van der Waals surface area (Å²) in [5, 5.41) is 9.71. The van der Waals surface area contributed by atoms with E-state index in [1.165, 1.54) is 6.92 Å². The van der Waals surface area contributed by atoms with E-state index in [9.17, 15) is 36.0 Å². The molecule has 2 aromatic carbocycles. The van der Waals surface area contributed by atoms with Crippen LogP contribution < -0.4 is 9.04 Å². The molecule has 2 N–H and O–H groups in total. The molecule has 0 aliphatic heterocycles. The number of halogens is 3. The molecule has 2 aromatic rings. The highest BCUT2D eigenvalue weighted by atomic mass is 32.2. The van der Waals surface area contributed by atoms with E-state index in [0.29, 0.717) is 15.4 Å². The minimum atomic E-state index is -5.01. The third-order valence-electron chi connectivity index (χ3n) is 4.92. The molecule has 0 saturated carbocycles. The largest absolute Gasteiger partial charge is 0.573 e. The molecule has 0 saturated heterocycles. The fourth-order valence-electron chi connectivity index (χ4n) is 3.80. The predicted molar refractivity (Wildman–Crippen MR) is 95.8 cm³/mol. The maximum atomic E-state index is 12.4. The normalized spacial score (nSPS) is 21.5. The second kappa shape index (κ2) is 6.92. The lowest BCUT2D eigenvalue weighted by Crippen LogP contribution is -2.52. The van der Waals surface area contributed by atoms with E-state index in [1.54, 1.807) is 24.3 Å². The van der Waals surface area contributed by atoms with Crippen LogP contribution in [0.1, 0.15) is 18.1 Å². The summed E-state index contributed by atoms with van der Waals surface area (Å²) < 4.78 is 75.9. The van der Waals surface area contributed by atoms with Crippen LogP contribution in [0, 0.1) is 5.92 Å². The second-order valence-electron chi connectivity index (χ2n) is 6.68. The monoisotopic (exact) mass is 431 g/mol. The summed E-state index contributed by atoms with van der Waals surface area (Å²) in [6, 6.07) is 10.2. The van der Waals surface area contributed by atoms with Gasteiger partial charge in [0, 0.05) is 0 Å². The van der Waals surface area contributed by atoms with E-state index >= 15 is 0 Å². The van der Waals surface area contributed by atoms with Gasteiger partial charge < -0.3 is 9.84 Å². The molecule has 0 bridgehead atoms. The molecule has 156 valence electrons. The molecule has 0 spiro atoms. The Morgan fingerprint density at radius 3 is 2.28 bits per heavy atom. The van der Waals surface area contributed by atoms with E-state index in [1.807, 2.05) is 0 Å². The van der Waals surface area contributed by atoms with Crippen molar-refractivity contribution in [1.82, 2.24) is 0 Å². The van der Waals surface area contributed by atoms with Crippen LogP contribution in [0.2, 0.25) is 0 Å². The molecule has 3 rings (SSSR count). The SMILES string of the molecule is C[C@]1(N(c2ccc(OC(F)(F)F)cc2)S(=O)(=O)O)c2ccccc2C[C@H]1C(=O)O.